The number of piperidine rings is 1. The molecule has 7 heteroatoms. The molecule has 1 aliphatic heterocycles. The highest BCUT2D eigenvalue weighted by Gasteiger charge is 2.57. The smallest absolute Gasteiger partial charge is 0.269 e. The zero-order valence-electron chi connectivity index (χ0n) is 15.1. The number of benzene rings is 1. The van der Waals surface area contributed by atoms with E-state index in [2.05, 4.69) is 21.7 Å². The van der Waals surface area contributed by atoms with Crippen molar-refractivity contribution < 1.29 is 9.72 Å². The summed E-state index contributed by atoms with van der Waals surface area (Å²) in [6.07, 6.45) is 3.63. The lowest BCUT2D eigenvalue weighted by Crippen LogP contribution is -2.39. The third-order valence-corrected chi connectivity index (χ3v) is 6.61. The van der Waals surface area contributed by atoms with Gasteiger partial charge in [0.15, 0.2) is 0 Å². The van der Waals surface area contributed by atoms with E-state index in [9.17, 15) is 14.9 Å². The van der Waals surface area contributed by atoms with Crippen molar-refractivity contribution in [3.05, 3.63) is 62.3 Å². The molecule has 4 rings (SSSR count). The summed E-state index contributed by atoms with van der Waals surface area (Å²) in [4.78, 5) is 25.6. The van der Waals surface area contributed by atoms with Crippen molar-refractivity contribution in [1.82, 2.24) is 10.2 Å². The molecule has 1 saturated heterocycles. The van der Waals surface area contributed by atoms with Crippen LogP contribution in [0.2, 0.25) is 0 Å². The van der Waals surface area contributed by atoms with E-state index < -0.39 is 4.92 Å². The fourth-order valence-electron chi connectivity index (χ4n) is 4.19. The van der Waals surface area contributed by atoms with Gasteiger partial charge in [-0.15, -0.1) is 0 Å². The average molecular weight is 385 g/mol. The zero-order valence-corrected chi connectivity index (χ0v) is 15.9. The van der Waals surface area contributed by atoms with Gasteiger partial charge in [-0.3, -0.25) is 14.9 Å². The second kappa shape index (κ2) is 7.40. The molecular formula is C20H23N3O3S. The van der Waals surface area contributed by atoms with Gasteiger partial charge in [0, 0.05) is 24.7 Å². The Bertz CT molecular complexity index is 814. The second-order valence-electron chi connectivity index (χ2n) is 7.59. The normalized spacial score (nSPS) is 20.4. The Morgan fingerprint density at radius 2 is 1.96 bits per heavy atom. The maximum atomic E-state index is 13.1. The molecule has 1 aromatic heterocycles. The molecule has 2 heterocycles. The summed E-state index contributed by atoms with van der Waals surface area (Å²) in [5.74, 6) is 0.107. The molecule has 0 bridgehead atoms. The Balaban J connectivity index is 1.49. The molecule has 27 heavy (non-hydrogen) atoms. The van der Waals surface area contributed by atoms with Gasteiger partial charge in [-0.1, -0.05) is 12.1 Å². The van der Waals surface area contributed by atoms with Crippen LogP contribution in [0.1, 0.15) is 30.4 Å². The highest BCUT2D eigenvalue weighted by atomic mass is 32.1. The Morgan fingerprint density at radius 1 is 1.22 bits per heavy atom. The molecule has 1 saturated carbocycles. The molecule has 1 amide bonds. The molecule has 1 spiro atoms. The summed E-state index contributed by atoms with van der Waals surface area (Å²) in [6, 6.07) is 8.70. The minimum absolute atomic E-state index is 0.0529. The van der Waals surface area contributed by atoms with Crippen LogP contribution in [-0.4, -0.2) is 34.9 Å². The van der Waals surface area contributed by atoms with Crippen molar-refractivity contribution in [2.45, 2.75) is 38.3 Å². The largest absolute Gasteiger partial charge is 0.334 e. The number of nitrogens with one attached hydrogen (secondary N) is 1. The molecule has 1 atom stereocenters. The number of carbonyl (C=O) groups is 1. The van der Waals surface area contributed by atoms with Crippen molar-refractivity contribution >= 4 is 22.9 Å². The van der Waals surface area contributed by atoms with E-state index in [0.717, 1.165) is 37.9 Å². The number of hydrogen-bond acceptors (Lipinski definition) is 5. The molecule has 1 unspecified atom stereocenters. The molecule has 6 nitrogen and oxygen atoms in total. The van der Waals surface area contributed by atoms with E-state index in [4.69, 9.17) is 0 Å². The number of nitro groups is 1. The first kappa shape index (κ1) is 18.1. The third-order valence-electron chi connectivity index (χ3n) is 5.88. The van der Waals surface area contributed by atoms with E-state index in [-0.39, 0.29) is 23.4 Å². The van der Waals surface area contributed by atoms with Crippen LogP contribution in [0.5, 0.6) is 0 Å². The maximum absolute atomic E-state index is 13.1. The summed E-state index contributed by atoms with van der Waals surface area (Å²) in [7, 11) is 0. The Hall–Kier alpha value is -2.25. The van der Waals surface area contributed by atoms with Gasteiger partial charge in [0.2, 0.25) is 5.91 Å². The van der Waals surface area contributed by atoms with Gasteiger partial charge < -0.3 is 10.2 Å². The summed E-state index contributed by atoms with van der Waals surface area (Å²) < 4.78 is 0. The van der Waals surface area contributed by atoms with E-state index in [1.54, 1.807) is 23.5 Å². The predicted molar refractivity (Wildman–Crippen MR) is 105 cm³/mol. The lowest BCUT2D eigenvalue weighted by atomic mass is 9.93. The summed E-state index contributed by atoms with van der Waals surface area (Å²) in [5.41, 5.74) is 2.33. The lowest BCUT2D eigenvalue weighted by Gasteiger charge is -2.29. The van der Waals surface area contributed by atoms with Gasteiger partial charge in [0.1, 0.15) is 0 Å². The van der Waals surface area contributed by atoms with Crippen molar-refractivity contribution in [3.63, 3.8) is 0 Å². The third kappa shape index (κ3) is 3.89. The van der Waals surface area contributed by atoms with E-state index in [1.807, 2.05) is 5.38 Å². The van der Waals surface area contributed by atoms with Crippen molar-refractivity contribution in [3.8, 4) is 0 Å². The summed E-state index contributed by atoms with van der Waals surface area (Å²) in [6.45, 7) is 2.70. The van der Waals surface area contributed by atoms with Gasteiger partial charge in [0.05, 0.1) is 11.3 Å². The van der Waals surface area contributed by atoms with E-state index >= 15 is 0 Å². The molecule has 1 aromatic carbocycles. The minimum Gasteiger partial charge on any atom is -0.334 e. The molecular weight excluding hydrogens is 362 g/mol. The molecule has 1 aliphatic carbocycles. The monoisotopic (exact) mass is 385 g/mol. The van der Waals surface area contributed by atoms with Crippen LogP contribution in [-0.2, 0) is 17.8 Å². The average Bonchev–Trinajstić information content (AvgIpc) is 3.10. The van der Waals surface area contributed by atoms with Crippen molar-refractivity contribution in [1.29, 1.82) is 0 Å². The first-order chi connectivity index (χ1) is 13.1. The zero-order chi connectivity index (χ0) is 18.9. The first-order valence-corrected chi connectivity index (χ1v) is 10.3. The van der Waals surface area contributed by atoms with Gasteiger partial charge in [-0.25, -0.2) is 0 Å². The molecule has 2 fully saturated rings. The van der Waals surface area contributed by atoms with Gasteiger partial charge >= 0.3 is 0 Å². The number of thiophene rings is 1. The number of carbonyl (C=O) groups excluding carboxylic acids is 1. The highest BCUT2D eigenvalue weighted by Crippen LogP contribution is 2.56. The van der Waals surface area contributed by atoms with Gasteiger partial charge in [-0.05, 0) is 65.7 Å². The van der Waals surface area contributed by atoms with Crippen LogP contribution >= 0.6 is 11.3 Å². The van der Waals surface area contributed by atoms with Crippen LogP contribution in [0.3, 0.4) is 0 Å². The van der Waals surface area contributed by atoms with Crippen LogP contribution < -0.4 is 5.32 Å². The van der Waals surface area contributed by atoms with Crippen molar-refractivity contribution in [2.75, 3.05) is 13.1 Å². The molecule has 1 N–H and O–H groups in total. The Kier molecular flexibility index (Phi) is 4.97. The number of non-ortho nitro benzene ring substituents is 1. The van der Waals surface area contributed by atoms with E-state index in [1.165, 1.54) is 17.7 Å². The maximum Gasteiger partial charge on any atom is 0.269 e. The number of nitro benzene ring substituents is 1. The number of rotatable bonds is 6. The Morgan fingerprint density at radius 3 is 2.59 bits per heavy atom. The standard InChI is InChI=1S/C20H23N3O3S/c24-19(11-15-1-3-17(4-2-15)23(25)26)22(13-16-5-10-27-14-16)18-12-20(18)6-8-21-9-7-20/h1-5,10,14,18,21H,6-9,11-13H2. The van der Waals surface area contributed by atoms with Crippen LogP contribution in [0, 0.1) is 15.5 Å². The molecule has 142 valence electrons. The fraction of sp³-hybridized carbons (Fsp3) is 0.450. The second-order valence-corrected chi connectivity index (χ2v) is 8.37. The van der Waals surface area contributed by atoms with Crippen molar-refractivity contribution in [2.24, 2.45) is 5.41 Å². The predicted octanol–water partition coefficient (Wildman–Crippen LogP) is 3.37. The van der Waals surface area contributed by atoms with E-state index in [0.29, 0.717) is 12.6 Å². The molecule has 2 aliphatic rings. The fourth-order valence-corrected chi connectivity index (χ4v) is 4.85. The first-order valence-electron chi connectivity index (χ1n) is 9.32. The van der Waals surface area contributed by atoms with Gasteiger partial charge in [-0.2, -0.15) is 11.3 Å². The van der Waals surface area contributed by atoms with Crippen LogP contribution in [0.15, 0.2) is 41.1 Å². The topological polar surface area (TPSA) is 75.5 Å². The number of nitrogens with zero attached hydrogens (tertiary/aromatic N) is 2. The summed E-state index contributed by atoms with van der Waals surface area (Å²) >= 11 is 1.65. The van der Waals surface area contributed by atoms with Crippen LogP contribution in [0.25, 0.3) is 0 Å². The van der Waals surface area contributed by atoms with Crippen LogP contribution in [0.4, 0.5) is 5.69 Å². The molecule has 0 radical (unpaired) electrons. The lowest BCUT2D eigenvalue weighted by molar-refractivity contribution is -0.384. The minimum atomic E-state index is -0.417. The Labute approximate surface area is 162 Å². The molecule has 2 aromatic rings. The van der Waals surface area contributed by atoms with Gasteiger partial charge in [0.25, 0.3) is 5.69 Å². The quantitative estimate of drug-likeness (QED) is 0.611. The SMILES string of the molecule is O=C(Cc1ccc([N+](=O)[O-])cc1)N(Cc1ccsc1)C1CC12CCNCC2. The summed E-state index contributed by atoms with van der Waals surface area (Å²) in [5, 5.41) is 18.4. The highest BCUT2D eigenvalue weighted by molar-refractivity contribution is 7.07. The number of amides is 1. The number of hydrogen-bond donors (Lipinski definition) is 1.